The summed E-state index contributed by atoms with van der Waals surface area (Å²) >= 11 is 0.775. The summed E-state index contributed by atoms with van der Waals surface area (Å²) in [5.41, 5.74) is 0.738. The number of nitriles is 1. The number of carboxylic acid groups (broad SMARTS) is 1. The summed E-state index contributed by atoms with van der Waals surface area (Å²) in [4.78, 5) is 27.5. The SMILES string of the molecule is N#C[s+]1cc(-c2ccc(OC(F)(F)F)cc2)nc1NC(=O)c1ccc(C(=O)O)s1. The molecule has 3 aromatic rings. The number of nitrogens with zero attached hydrogens (tertiary/aromatic N) is 2. The highest BCUT2D eigenvalue weighted by Gasteiger charge is 2.31. The summed E-state index contributed by atoms with van der Waals surface area (Å²) in [5, 5.41) is 24.2. The lowest BCUT2D eigenvalue weighted by Crippen LogP contribution is -2.16. The normalized spacial score (nSPS) is 11.6. The molecule has 2 N–H and O–H groups in total. The van der Waals surface area contributed by atoms with Gasteiger partial charge in [-0.15, -0.1) is 29.8 Å². The standard InChI is InChI=1S/C17H8F3N3O4S2/c18-17(19,20)27-10-3-1-9(2-4-10)11-7-29(8-21)16(22-11)23-14(24)12-5-6-13(28-12)15(25)26/h1-7H,(H-,22,23,24,25,26)/p+1. The van der Waals surface area contributed by atoms with Gasteiger partial charge in [0.2, 0.25) is 0 Å². The van der Waals surface area contributed by atoms with Gasteiger partial charge in [0.1, 0.15) is 26.8 Å². The molecule has 3 rings (SSSR count). The molecule has 0 saturated heterocycles. The first-order valence-electron chi connectivity index (χ1n) is 7.60. The van der Waals surface area contributed by atoms with Crippen molar-refractivity contribution in [2.75, 3.05) is 5.32 Å². The smallest absolute Gasteiger partial charge is 0.477 e. The molecule has 0 fully saturated rings. The van der Waals surface area contributed by atoms with Crippen LogP contribution in [0, 0.1) is 10.7 Å². The average molecular weight is 440 g/mol. The number of anilines is 1. The minimum Gasteiger partial charge on any atom is -0.477 e. The summed E-state index contributed by atoms with van der Waals surface area (Å²) in [6, 6.07) is 7.55. The molecule has 1 unspecified atom stereocenters. The van der Waals surface area contributed by atoms with E-state index in [4.69, 9.17) is 5.11 Å². The van der Waals surface area contributed by atoms with Crippen LogP contribution in [-0.2, 0) is 0 Å². The second kappa shape index (κ2) is 7.90. The van der Waals surface area contributed by atoms with Gasteiger partial charge in [0.15, 0.2) is 5.38 Å². The van der Waals surface area contributed by atoms with Crippen LogP contribution in [0.15, 0.2) is 41.8 Å². The summed E-state index contributed by atoms with van der Waals surface area (Å²) in [6.07, 6.45) is -4.81. The first-order chi connectivity index (χ1) is 13.7. The number of thiazole rings is 1. The molecule has 0 spiro atoms. The summed E-state index contributed by atoms with van der Waals surface area (Å²) in [5.74, 6) is -2.17. The van der Waals surface area contributed by atoms with E-state index in [-0.39, 0.29) is 14.9 Å². The maximum absolute atomic E-state index is 12.3. The van der Waals surface area contributed by atoms with Gasteiger partial charge in [0, 0.05) is 5.56 Å². The topological polar surface area (TPSA) is 112 Å². The van der Waals surface area contributed by atoms with Crippen LogP contribution in [0.3, 0.4) is 0 Å². The number of thiophene rings is 1. The third kappa shape index (κ3) is 4.89. The summed E-state index contributed by atoms with van der Waals surface area (Å²) < 4.78 is 40.5. The molecule has 12 heteroatoms. The Balaban J connectivity index is 1.81. The fourth-order valence-corrected chi connectivity index (χ4v) is 4.00. The third-order valence-corrected chi connectivity index (χ3v) is 5.74. The molecule has 0 bridgehead atoms. The van der Waals surface area contributed by atoms with E-state index < -0.39 is 34.5 Å². The molecule has 7 nitrogen and oxygen atoms in total. The minimum absolute atomic E-state index is 0.0113. The fraction of sp³-hybridized carbons (Fsp3) is 0.0588. The first kappa shape index (κ1) is 20.3. The lowest BCUT2D eigenvalue weighted by Gasteiger charge is -2.08. The van der Waals surface area contributed by atoms with Gasteiger partial charge in [0.25, 0.3) is 5.91 Å². The molecular formula is C17H9F3N3O4S2+. The Morgan fingerprint density at radius 3 is 2.38 bits per heavy atom. The number of ether oxygens (including phenoxy) is 1. The van der Waals surface area contributed by atoms with Crippen LogP contribution in [0.4, 0.5) is 18.3 Å². The highest BCUT2D eigenvalue weighted by molar-refractivity contribution is 7.39. The maximum Gasteiger partial charge on any atom is 0.573 e. The molecule has 2 aromatic heterocycles. The van der Waals surface area contributed by atoms with Crippen molar-refractivity contribution >= 4 is 38.8 Å². The predicted molar refractivity (Wildman–Crippen MR) is 99.1 cm³/mol. The van der Waals surface area contributed by atoms with E-state index in [0.29, 0.717) is 11.3 Å². The zero-order valence-electron chi connectivity index (χ0n) is 14.1. The van der Waals surface area contributed by atoms with Crippen molar-refractivity contribution in [2.45, 2.75) is 6.36 Å². The van der Waals surface area contributed by atoms with Gasteiger partial charge < -0.3 is 9.84 Å². The van der Waals surface area contributed by atoms with Crippen LogP contribution in [0.1, 0.15) is 19.3 Å². The number of hydrogen-bond acceptors (Lipinski definition) is 6. The fourth-order valence-electron chi connectivity index (χ4n) is 2.20. The van der Waals surface area contributed by atoms with E-state index in [1.165, 1.54) is 29.6 Å². The Morgan fingerprint density at radius 2 is 1.83 bits per heavy atom. The Bertz CT molecular complexity index is 1110. The number of rotatable bonds is 5. The molecule has 148 valence electrons. The first-order valence-corrected chi connectivity index (χ1v) is 9.71. The van der Waals surface area contributed by atoms with Crippen molar-refractivity contribution < 1.29 is 32.6 Å². The second-order valence-corrected chi connectivity index (χ2v) is 7.91. The molecule has 2 heterocycles. The molecule has 0 aliphatic rings. The predicted octanol–water partition coefficient (Wildman–Crippen LogP) is 4.74. The lowest BCUT2D eigenvalue weighted by molar-refractivity contribution is -0.274. The van der Waals surface area contributed by atoms with Gasteiger partial charge in [0.05, 0.1) is 4.88 Å². The molecule has 1 aromatic carbocycles. The van der Waals surface area contributed by atoms with Crippen LogP contribution in [0.25, 0.3) is 11.3 Å². The van der Waals surface area contributed by atoms with Crippen molar-refractivity contribution in [3.8, 4) is 22.4 Å². The largest absolute Gasteiger partial charge is 0.573 e. The average Bonchev–Trinajstić information content (AvgIpc) is 3.28. The molecule has 0 aliphatic carbocycles. The van der Waals surface area contributed by atoms with E-state index in [9.17, 15) is 28.0 Å². The van der Waals surface area contributed by atoms with Crippen LogP contribution in [0.5, 0.6) is 5.75 Å². The number of carbonyl (C=O) groups is 2. The Morgan fingerprint density at radius 1 is 1.17 bits per heavy atom. The number of hydrogen-bond donors (Lipinski definition) is 2. The Kier molecular flexibility index (Phi) is 5.53. The Labute approximate surface area is 167 Å². The molecule has 1 atom stereocenters. The van der Waals surface area contributed by atoms with E-state index in [2.05, 4.69) is 15.0 Å². The van der Waals surface area contributed by atoms with Crippen molar-refractivity contribution in [2.24, 2.45) is 0 Å². The number of alkyl halides is 3. The van der Waals surface area contributed by atoms with E-state index >= 15 is 0 Å². The van der Waals surface area contributed by atoms with Crippen molar-refractivity contribution in [3.63, 3.8) is 0 Å². The van der Waals surface area contributed by atoms with Gasteiger partial charge >= 0.3 is 22.9 Å². The number of amides is 1. The number of aromatic carboxylic acids is 1. The van der Waals surface area contributed by atoms with E-state index in [1.807, 2.05) is 5.40 Å². The number of nitrogens with one attached hydrogen (secondary N) is 1. The molecule has 0 saturated carbocycles. The van der Waals surface area contributed by atoms with Gasteiger partial charge in [-0.1, -0.05) is 0 Å². The van der Waals surface area contributed by atoms with Crippen molar-refractivity contribution in [1.82, 2.24) is 4.98 Å². The van der Waals surface area contributed by atoms with E-state index in [0.717, 1.165) is 23.5 Å². The van der Waals surface area contributed by atoms with Crippen LogP contribution in [-0.4, -0.2) is 28.3 Å². The number of aromatic nitrogens is 1. The highest BCUT2D eigenvalue weighted by Crippen LogP contribution is 2.35. The van der Waals surface area contributed by atoms with Crippen LogP contribution < -0.4 is 10.1 Å². The van der Waals surface area contributed by atoms with Crippen molar-refractivity contribution in [1.29, 1.82) is 5.26 Å². The number of halogens is 3. The highest BCUT2D eigenvalue weighted by atomic mass is 32.2. The zero-order valence-corrected chi connectivity index (χ0v) is 15.7. The quantitative estimate of drug-likeness (QED) is 0.555. The maximum atomic E-state index is 12.3. The van der Waals surface area contributed by atoms with E-state index in [1.54, 1.807) is 0 Å². The minimum atomic E-state index is -4.81. The molecule has 0 radical (unpaired) electrons. The number of carboxylic acids is 1. The molecule has 0 aliphatic heterocycles. The molecule has 29 heavy (non-hydrogen) atoms. The summed E-state index contributed by atoms with van der Waals surface area (Å²) in [7, 11) is -1.18. The summed E-state index contributed by atoms with van der Waals surface area (Å²) in [6.45, 7) is 0. The van der Waals surface area contributed by atoms with Gasteiger partial charge in [-0.2, -0.15) is 4.98 Å². The zero-order chi connectivity index (χ0) is 21.2. The molecular weight excluding hydrogens is 431 g/mol. The number of benzene rings is 1. The second-order valence-electron chi connectivity index (χ2n) is 5.34. The Hall–Kier alpha value is -3.43. The van der Waals surface area contributed by atoms with Gasteiger partial charge in [-0.3, -0.25) is 10.1 Å². The lowest BCUT2D eigenvalue weighted by atomic mass is 10.2. The van der Waals surface area contributed by atoms with Gasteiger partial charge in [-0.05, 0) is 36.4 Å². The monoisotopic (exact) mass is 440 g/mol. The van der Waals surface area contributed by atoms with Crippen LogP contribution >= 0.6 is 21.8 Å². The molecule has 1 amide bonds. The third-order valence-electron chi connectivity index (χ3n) is 3.40. The van der Waals surface area contributed by atoms with Gasteiger partial charge in [-0.25, -0.2) is 4.79 Å². The van der Waals surface area contributed by atoms with Crippen molar-refractivity contribution in [3.05, 3.63) is 51.5 Å². The van der Waals surface area contributed by atoms with Crippen LogP contribution in [0.2, 0.25) is 0 Å². The number of carbonyl (C=O) groups excluding carboxylic acids is 1.